The van der Waals surface area contributed by atoms with Crippen LogP contribution < -0.4 is 5.32 Å². The molecule has 0 aromatic heterocycles. The van der Waals surface area contributed by atoms with Gasteiger partial charge in [0.05, 0.1) is 0 Å². The van der Waals surface area contributed by atoms with E-state index in [1.807, 2.05) is 23.1 Å². The molecule has 2 rings (SSSR count). The molecule has 0 radical (unpaired) electrons. The van der Waals surface area contributed by atoms with Gasteiger partial charge in [0.2, 0.25) is 0 Å². The molecule has 0 spiro atoms. The third-order valence-corrected chi connectivity index (χ3v) is 4.49. The Bertz CT molecular complexity index is 546. The van der Waals surface area contributed by atoms with Crippen LogP contribution in [-0.2, 0) is 5.41 Å². The van der Waals surface area contributed by atoms with Crippen LogP contribution in [0.3, 0.4) is 0 Å². The largest absolute Gasteiger partial charge is 0.322 e. The molecule has 4 heteroatoms. The number of urea groups is 1. The smallest absolute Gasteiger partial charge is 0.321 e. The molecule has 1 saturated heterocycles. The maximum Gasteiger partial charge on any atom is 0.321 e. The van der Waals surface area contributed by atoms with E-state index in [1.54, 1.807) is 0 Å². The van der Waals surface area contributed by atoms with Gasteiger partial charge >= 0.3 is 6.03 Å². The molecule has 23 heavy (non-hydrogen) atoms. The number of benzene rings is 1. The van der Waals surface area contributed by atoms with Crippen molar-refractivity contribution in [1.82, 2.24) is 9.80 Å². The van der Waals surface area contributed by atoms with E-state index < -0.39 is 0 Å². The van der Waals surface area contributed by atoms with Crippen molar-refractivity contribution in [3.8, 4) is 0 Å². The van der Waals surface area contributed by atoms with E-state index >= 15 is 0 Å². The summed E-state index contributed by atoms with van der Waals surface area (Å²) in [5.41, 5.74) is 2.26. The first-order valence-electron chi connectivity index (χ1n) is 8.49. The van der Waals surface area contributed by atoms with Gasteiger partial charge in [0.1, 0.15) is 0 Å². The Hall–Kier alpha value is -1.55. The number of carbonyl (C=O) groups excluding carboxylic acids is 1. The number of nitrogens with zero attached hydrogens (tertiary/aromatic N) is 2. The van der Waals surface area contributed by atoms with Crippen LogP contribution in [0.25, 0.3) is 0 Å². The summed E-state index contributed by atoms with van der Waals surface area (Å²) in [5.74, 6) is 0. The highest BCUT2D eigenvalue weighted by Gasteiger charge is 2.28. The number of nitrogens with one attached hydrogen (secondary N) is 1. The minimum atomic E-state index is 0.00874. The Kier molecular flexibility index (Phi) is 5.04. The zero-order chi connectivity index (χ0) is 17.3. The number of carbonyl (C=O) groups is 1. The summed E-state index contributed by atoms with van der Waals surface area (Å²) < 4.78 is 0. The zero-order valence-electron chi connectivity index (χ0n) is 15.4. The summed E-state index contributed by atoms with van der Waals surface area (Å²) in [4.78, 5) is 16.9. The number of rotatable bonds is 1. The normalized spacial score (nSPS) is 17.2. The third-order valence-electron chi connectivity index (χ3n) is 4.49. The predicted octanol–water partition coefficient (Wildman–Crippen LogP) is 3.93. The highest BCUT2D eigenvalue weighted by atomic mass is 16.2. The molecule has 0 aliphatic carbocycles. The molecule has 4 nitrogen and oxygen atoms in total. The fourth-order valence-electron chi connectivity index (χ4n) is 3.02. The molecule has 1 fully saturated rings. The minimum Gasteiger partial charge on any atom is -0.322 e. The fourth-order valence-corrected chi connectivity index (χ4v) is 3.02. The molecular formula is C19H31N3O. The van der Waals surface area contributed by atoms with Crippen LogP contribution in [0, 0.1) is 0 Å². The summed E-state index contributed by atoms with van der Waals surface area (Å²) >= 11 is 0. The SMILES string of the molecule is CC(C)(C)c1ccccc1NC(=O)N1CCN(C(C)(C)C)CC1. The predicted molar refractivity (Wildman–Crippen MR) is 97.1 cm³/mol. The van der Waals surface area contributed by atoms with Crippen molar-refractivity contribution < 1.29 is 4.79 Å². The highest BCUT2D eigenvalue weighted by molar-refractivity contribution is 5.90. The summed E-state index contributed by atoms with van der Waals surface area (Å²) in [6.07, 6.45) is 0. The lowest BCUT2D eigenvalue weighted by Gasteiger charge is -2.42. The Labute approximate surface area is 140 Å². The average Bonchev–Trinajstić information content (AvgIpc) is 2.46. The van der Waals surface area contributed by atoms with Crippen molar-refractivity contribution in [2.75, 3.05) is 31.5 Å². The summed E-state index contributed by atoms with van der Waals surface area (Å²) in [6.45, 7) is 16.6. The van der Waals surface area contributed by atoms with Gasteiger partial charge in [0.25, 0.3) is 0 Å². The maximum absolute atomic E-state index is 12.6. The first-order valence-corrected chi connectivity index (χ1v) is 8.49. The van der Waals surface area contributed by atoms with Gasteiger partial charge in [-0.1, -0.05) is 39.0 Å². The number of para-hydroxylation sites is 1. The van der Waals surface area contributed by atoms with Gasteiger partial charge in [-0.2, -0.15) is 0 Å². The number of anilines is 1. The van der Waals surface area contributed by atoms with Gasteiger partial charge in [-0.25, -0.2) is 4.79 Å². The number of hydrogen-bond acceptors (Lipinski definition) is 2. The van der Waals surface area contributed by atoms with E-state index in [0.29, 0.717) is 0 Å². The lowest BCUT2D eigenvalue weighted by atomic mass is 9.86. The fraction of sp³-hybridized carbons (Fsp3) is 0.632. The average molecular weight is 317 g/mol. The Balaban J connectivity index is 2.02. The highest BCUT2D eigenvalue weighted by Crippen LogP contribution is 2.29. The molecule has 0 unspecified atom stereocenters. The van der Waals surface area contributed by atoms with Crippen molar-refractivity contribution in [2.24, 2.45) is 0 Å². The van der Waals surface area contributed by atoms with E-state index in [0.717, 1.165) is 31.9 Å². The third kappa shape index (κ3) is 4.47. The number of piperazine rings is 1. The van der Waals surface area contributed by atoms with E-state index in [1.165, 1.54) is 5.56 Å². The molecule has 1 aliphatic heterocycles. The molecule has 1 aliphatic rings. The second-order valence-corrected chi connectivity index (χ2v) is 8.37. The van der Waals surface area contributed by atoms with Gasteiger partial charge in [-0.15, -0.1) is 0 Å². The van der Waals surface area contributed by atoms with Crippen LogP contribution in [0.1, 0.15) is 47.1 Å². The topological polar surface area (TPSA) is 35.6 Å². The summed E-state index contributed by atoms with van der Waals surface area (Å²) in [6, 6.07) is 8.09. The molecule has 128 valence electrons. The van der Waals surface area contributed by atoms with E-state index in [4.69, 9.17) is 0 Å². The zero-order valence-corrected chi connectivity index (χ0v) is 15.4. The Morgan fingerprint density at radius 3 is 2.04 bits per heavy atom. The van der Waals surface area contributed by atoms with Crippen molar-refractivity contribution in [3.05, 3.63) is 29.8 Å². The van der Waals surface area contributed by atoms with Crippen LogP contribution in [0.15, 0.2) is 24.3 Å². The van der Waals surface area contributed by atoms with Crippen LogP contribution in [0.4, 0.5) is 10.5 Å². The lowest BCUT2D eigenvalue weighted by Crippen LogP contribution is -2.55. The lowest BCUT2D eigenvalue weighted by molar-refractivity contribution is 0.0774. The molecule has 1 N–H and O–H groups in total. The van der Waals surface area contributed by atoms with Gasteiger partial charge in [0, 0.05) is 37.4 Å². The first kappa shape index (κ1) is 17.8. The second-order valence-electron chi connectivity index (χ2n) is 8.37. The van der Waals surface area contributed by atoms with Crippen LogP contribution in [-0.4, -0.2) is 47.5 Å². The maximum atomic E-state index is 12.6. The van der Waals surface area contributed by atoms with Crippen molar-refractivity contribution in [2.45, 2.75) is 52.5 Å². The molecule has 0 atom stereocenters. The van der Waals surface area contributed by atoms with E-state index in [9.17, 15) is 4.79 Å². The van der Waals surface area contributed by atoms with Gasteiger partial charge in [-0.05, 0) is 37.8 Å². The minimum absolute atomic E-state index is 0.00874. The molecule has 0 bridgehead atoms. The van der Waals surface area contributed by atoms with Crippen molar-refractivity contribution in [1.29, 1.82) is 0 Å². The van der Waals surface area contributed by atoms with E-state index in [2.05, 4.69) is 57.8 Å². The molecular weight excluding hydrogens is 286 g/mol. The molecule has 1 aromatic carbocycles. The molecule has 1 aromatic rings. The van der Waals surface area contributed by atoms with Crippen molar-refractivity contribution in [3.63, 3.8) is 0 Å². The number of hydrogen-bond donors (Lipinski definition) is 1. The quantitative estimate of drug-likeness (QED) is 0.852. The number of amides is 2. The van der Waals surface area contributed by atoms with Gasteiger partial charge in [0.15, 0.2) is 0 Å². The Morgan fingerprint density at radius 2 is 1.52 bits per heavy atom. The van der Waals surface area contributed by atoms with Gasteiger partial charge < -0.3 is 10.2 Å². The van der Waals surface area contributed by atoms with Crippen LogP contribution in [0.5, 0.6) is 0 Å². The molecule has 2 amide bonds. The molecule has 1 heterocycles. The standard InChI is InChI=1S/C19H31N3O/c1-18(2,3)15-9-7-8-10-16(15)20-17(23)21-11-13-22(14-12-21)19(4,5)6/h7-10H,11-14H2,1-6H3,(H,20,23). The Morgan fingerprint density at radius 1 is 0.957 bits per heavy atom. The molecule has 0 saturated carbocycles. The van der Waals surface area contributed by atoms with Crippen LogP contribution >= 0.6 is 0 Å². The van der Waals surface area contributed by atoms with E-state index in [-0.39, 0.29) is 17.0 Å². The van der Waals surface area contributed by atoms with Gasteiger partial charge in [-0.3, -0.25) is 4.90 Å². The van der Waals surface area contributed by atoms with Crippen LogP contribution in [0.2, 0.25) is 0 Å². The van der Waals surface area contributed by atoms with Crippen molar-refractivity contribution >= 4 is 11.7 Å². The first-order chi connectivity index (χ1) is 10.6. The summed E-state index contributed by atoms with van der Waals surface area (Å²) in [7, 11) is 0. The monoisotopic (exact) mass is 317 g/mol. The summed E-state index contributed by atoms with van der Waals surface area (Å²) in [5, 5.41) is 3.11. The second kappa shape index (κ2) is 6.52.